The molecule has 80 valence electrons. The SMILES string of the molecule is CN1C2CCC1C(c1ccc(F)nc1)C2. The molecule has 0 radical (unpaired) electrons. The van der Waals surface area contributed by atoms with E-state index in [1.807, 2.05) is 6.07 Å². The molecule has 2 fully saturated rings. The third-order valence-electron chi connectivity index (χ3n) is 4.06. The van der Waals surface area contributed by atoms with Crippen molar-refractivity contribution in [1.29, 1.82) is 0 Å². The van der Waals surface area contributed by atoms with Crippen molar-refractivity contribution in [1.82, 2.24) is 9.88 Å². The molecule has 3 heterocycles. The number of aromatic nitrogens is 1. The van der Waals surface area contributed by atoms with Crippen molar-refractivity contribution in [2.45, 2.75) is 37.3 Å². The molecular weight excluding hydrogens is 191 g/mol. The zero-order valence-corrected chi connectivity index (χ0v) is 8.86. The number of pyridine rings is 1. The van der Waals surface area contributed by atoms with E-state index in [9.17, 15) is 4.39 Å². The highest BCUT2D eigenvalue weighted by atomic mass is 19.1. The Bertz CT molecular complexity index is 362. The maximum absolute atomic E-state index is 12.7. The molecule has 0 amide bonds. The molecule has 3 atom stereocenters. The van der Waals surface area contributed by atoms with E-state index in [0.717, 1.165) is 6.04 Å². The van der Waals surface area contributed by atoms with Gasteiger partial charge < -0.3 is 0 Å². The molecule has 3 unspecified atom stereocenters. The van der Waals surface area contributed by atoms with Crippen molar-refractivity contribution in [3.8, 4) is 0 Å². The number of rotatable bonds is 1. The fraction of sp³-hybridized carbons (Fsp3) is 0.583. The molecular formula is C12H15FN2. The minimum absolute atomic E-state index is 0.379. The van der Waals surface area contributed by atoms with Gasteiger partial charge in [-0.3, -0.25) is 4.90 Å². The van der Waals surface area contributed by atoms with Crippen LogP contribution in [0.25, 0.3) is 0 Å². The smallest absolute Gasteiger partial charge is 0.212 e. The van der Waals surface area contributed by atoms with Crippen LogP contribution in [0.15, 0.2) is 18.3 Å². The fourth-order valence-electron chi connectivity index (χ4n) is 3.23. The van der Waals surface area contributed by atoms with Gasteiger partial charge in [0, 0.05) is 24.2 Å². The molecule has 3 heteroatoms. The van der Waals surface area contributed by atoms with Gasteiger partial charge in [0.2, 0.25) is 5.95 Å². The molecule has 1 aromatic heterocycles. The lowest BCUT2D eigenvalue weighted by atomic mass is 9.85. The molecule has 1 aromatic rings. The Morgan fingerprint density at radius 1 is 1.40 bits per heavy atom. The summed E-state index contributed by atoms with van der Waals surface area (Å²) in [7, 11) is 2.21. The second kappa shape index (κ2) is 3.27. The molecule has 3 rings (SSSR count). The molecule has 2 saturated heterocycles. The van der Waals surface area contributed by atoms with Crippen LogP contribution >= 0.6 is 0 Å². The lowest BCUT2D eigenvalue weighted by molar-refractivity contribution is 0.307. The summed E-state index contributed by atoms with van der Waals surface area (Å²) >= 11 is 0. The van der Waals surface area contributed by atoms with Gasteiger partial charge in [-0.2, -0.15) is 4.39 Å². The Balaban J connectivity index is 1.87. The number of hydrogen-bond acceptors (Lipinski definition) is 2. The van der Waals surface area contributed by atoms with Crippen LogP contribution in [0.4, 0.5) is 4.39 Å². The van der Waals surface area contributed by atoms with Gasteiger partial charge in [-0.05, 0) is 37.9 Å². The Morgan fingerprint density at radius 3 is 2.80 bits per heavy atom. The van der Waals surface area contributed by atoms with Gasteiger partial charge in [0.25, 0.3) is 0 Å². The molecule has 0 spiro atoms. The molecule has 15 heavy (non-hydrogen) atoms. The van der Waals surface area contributed by atoms with E-state index in [1.165, 1.54) is 30.9 Å². The zero-order valence-electron chi connectivity index (χ0n) is 8.86. The third-order valence-corrected chi connectivity index (χ3v) is 4.06. The van der Waals surface area contributed by atoms with Crippen LogP contribution in [-0.4, -0.2) is 29.0 Å². The highest BCUT2D eigenvalue weighted by Gasteiger charge is 2.44. The first kappa shape index (κ1) is 9.28. The Morgan fingerprint density at radius 2 is 2.27 bits per heavy atom. The lowest BCUT2D eigenvalue weighted by Crippen LogP contribution is -2.25. The summed E-state index contributed by atoms with van der Waals surface area (Å²) in [4.78, 5) is 6.23. The zero-order chi connectivity index (χ0) is 10.4. The quantitative estimate of drug-likeness (QED) is 0.655. The normalized spacial score (nSPS) is 34.9. The van der Waals surface area contributed by atoms with Crippen LogP contribution in [0.5, 0.6) is 0 Å². The highest BCUT2D eigenvalue weighted by molar-refractivity contribution is 5.22. The standard InChI is InChI=1S/C12H15FN2/c1-15-9-3-4-11(15)10(6-9)8-2-5-12(13)14-7-8/h2,5,7,9-11H,3-4,6H2,1H3. The van der Waals surface area contributed by atoms with Crippen LogP contribution in [0, 0.1) is 5.95 Å². The van der Waals surface area contributed by atoms with Gasteiger partial charge in [-0.25, -0.2) is 4.98 Å². The molecule has 2 nitrogen and oxygen atoms in total. The molecule has 0 N–H and O–H groups in total. The van der Waals surface area contributed by atoms with E-state index in [2.05, 4.69) is 16.9 Å². The van der Waals surface area contributed by atoms with Crippen LogP contribution in [0.2, 0.25) is 0 Å². The van der Waals surface area contributed by atoms with Gasteiger partial charge in [0.05, 0.1) is 0 Å². The minimum Gasteiger partial charge on any atom is -0.300 e. The number of likely N-dealkylation sites (N-methyl/N-ethyl adjacent to an activating group) is 1. The molecule has 2 aliphatic rings. The van der Waals surface area contributed by atoms with Gasteiger partial charge in [0.1, 0.15) is 0 Å². The van der Waals surface area contributed by atoms with Crippen molar-refractivity contribution >= 4 is 0 Å². The highest BCUT2D eigenvalue weighted by Crippen LogP contribution is 2.45. The van der Waals surface area contributed by atoms with Crippen molar-refractivity contribution in [3.63, 3.8) is 0 Å². The van der Waals surface area contributed by atoms with E-state index in [-0.39, 0.29) is 5.95 Å². The summed E-state index contributed by atoms with van der Waals surface area (Å²) in [5, 5.41) is 0. The van der Waals surface area contributed by atoms with Crippen LogP contribution in [0.3, 0.4) is 0 Å². The fourth-order valence-corrected chi connectivity index (χ4v) is 3.23. The number of fused-ring (bicyclic) bond motifs is 2. The average Bonchev–Trinajstić information content (AvgIpc) is 2.75. The summed E-state index contributed by atoms with van der Waals surface area (Å²) < 4.78 is 12.7. The van der Waals surface area contributed by atoms with E-state index in [4.69, 9.17) is 0 Å². The molecule has 2 bridgehead atoms. The van der Waals surface area contributed by atoms with Crippen molar-refractivity contribution < 1.29 is 4.39 Å². The second-order valence-electron chi connectivity index (χ2n) is 4.72. The third kappa shape index (κ3) is 1.37. The molecule has 0 saturated carbocycles. The predicted octanol–water partition coefficient (Wildman–Crippen LogP) is 2.17. The number of nitrogens with zero attached hydrogens (tertiary/aromatic N) is 2. The molecule has 0 aromatic carbocycles. The van der Waals surface area contributed by atoms with Crippen LogP contribution in [0.1, 0.15) is 30.7 Å². The summed E-state index contributed by atoms with van der Waals surface area (Å²) in [5.41, 5.74) is 1.20. The summed E-state index contributed by atoms with van der Waals surface area (Å²) in [5.74, 6) is 0.192. The predicted molar refractivity (Wildman–Crippen MR) is 56.1 cm³/mol. The maximum Gasteiger partial charge on any atom is 0.212 e. The van der Waals surface area contributed by atoms with Gasteiger partial charge in [-0.1, -0.05) is 6.07 Å². The Hall–Kier alpha value is -0.960. The topological polar surface area (TPSA) is 16.1 Å². The number of halogens is 1. The van der Waals surface area contributed by atoms with Crippen molar-refractivity contribution in [3.05, 3.63) is 29.8 Å². The summed E-state index contributed by atoms with van der Waals surface area (Å²) in [6.07, 6.45) is 5.53. The van der Waals surface area contributed by atoms with E-state index in [1.54, 1.807) is 6.20 Å². The maximum atomic E-state index is 12.7. The van der Waals surface area contributed by atoms with Crippen molar-refractivity contribution in [2.24, 2.45) is 0 Å². The largest absolute Gasteiger partial charge is 0.300 e. The first-order valence-corrected chi connectivity index (χ1v) is 5.59. The summed E-state index contributed by atoms with van der Waals surface area (Å²) in [6.45, 7) is 0. The monoisotopic (exact) mass is 206 g/mol. The van der Waals surface area contributed by atoms with Crippen molar-refractivity contribution in [2.75, 3.05) is 7.05 Å². The van der Waals surface area contributed by atoms with Crippen LogP contribution < -0.4 is 0 Å². The van der Waals surface area contributed by atoms with Crippen LogP contribution in [-0.2, 0) is 0 Å². The van der Waals surface area contributed by atoms with Gasteiger partial charge >= 0.3 is 0 Å². The van der Waals surface area contributed by atoms with E-state index < -0.39 is 0 Å². The number of hydrogen-bond donors (Lipinski definition) is 0. The first-order valence-electron chi connectivity index (χ1n) is 5.59. The minimum atomic E-state index is -0.379. The van der Waals surface area contributed by atoms with E-state index in [0.29, 0.717) is 12.0 Å². The summed E-state index contributed by atoms with van der Waals surface area (Å²) in [6, 6.07) is 4.76. The Labute approximate surface area is 89.1 Å². The average molecular weight is 206 g/mol. The second-order valence-corrected chi connectivity index (χ2v) is 4.72. The van der Waals surface area contributed by atoms with E-state index >= 15 is 0 Å². The lowest BCUT2D eigenvalue weighted by Gasteiger charge is -2.21. The van der Waals surface area contributed by atoms with Gasteiger partial charge in [-0.15, -0.1) is 0 Å². The Kier molecular flexibility index (Phi) is 2.02. The molecule has 2 aliphatic heterocycles. The molecule has 0 aliphatic carbocycles. The first-order chi connectivity index (χ1) is 7.25. The van der Waals surface area contributed by atoms with Gasteiger partial charge in [0.15, 0.2) is 0 Å².